The first-order valence-electron chi connectivity index (χ1n) is 9.46. The number of piperazine rings is 1. The lowest BCUT2D eigenvalue weighted by atomic mass is 10.2. The first-order chi connectivity index (χ1) is 13.7. The van der Waals surface area contributed by atoms with Crippen LogP contribution in [0.15, 0.2) is 66.7 Å². The molecule has 4 rings (SSSR count). The van der Waals surface area contributed by atoms with E-state index in [1.54, 1.807) is 6.07 Å². The number of nitrogens with zero attached hydrogens (tertiary/aromatic N) is 4. The van der Waals surface area contributed by atoms with Gasteiger partial charge in [0.05, 0.1) is 0 Å². The van der Waals surface area contributed by atoms with Crippen molar-refractivity contribution in [1.82, 2.24) is 10.2 Å². The molecular formula is C22H23N5O. The Balaban J connectivity index is 1.36. The van der Waals surface area contributed by atoms with Crippen molar-refractivity contribution in [3.05, 3.63) is 78.0 Å². The van der Waals surface area contributed by atoms with Gasteiger partial charge >= 0.3 is 0 Å². The van der Waals surface area contributed by atoms with E-state index in [-0.39, 0.29) is 5.91 Å². The van der Waals surface area contributed by atoms with Crippen LogP contribution in [-0.2, 0) is 0 Å². The van der Waals surface area contributed by atoms with E-state index in [2.05, 4.69) is 49.6 Å². The molecular weight excluding hydrogens is 350 g/mol. The van der Waals surface area contributed by atoms with E-state index in [0.29, 0.717) is 5.69 Å². The second-order valence-electron chi connectivity index (χ2n) is 6.91. The van der Waals surface area contributed by atoms with Crippen molar-refractivity contribution in [2.24, 2.45) is 0 Å². The quantitative estimate of drug-likeness (QED) is 0.760. The van der Waals surface area contributed by atoms with Gasteiger partial charge in [0.2, 0.25) is 0 Å². The molecule has 6 heteroatoms. The minimum atomic E-state index is -0.251. The number of rotatable bonds is 4. The van der Waals surface area contributed by atoms with Crippen LogP contribution in [0.2, 0.25) is 0 Å². The number of aryl methyl sites for hydroxylation is 1. The number of carbonyl (C=O) groups is 1. The number of carbonyl (C=O) groups excluding carboxylic acids is 1. The summed E-state index contributed by atoms with van der Waals surface area (Å²) in [6.07, 6.45) is 0. The lowest BCUT2D eigenvalue weighted by molar-refractivity contribution is 0.102. The summed E-state index contributed by atoms with van der Waals surface area (Å²) in [5.41, 5.74) is 3.41. The van der Waals surface area contributed by atoms with Crippen molar-refractivity contribution < 1.29 is 4.79 Å². The molecule has 1 fully saturated rings. The van der Waals surface area contributed by atoms with Crippen LogP contribution in [0.3, 0.4) is 0 Å². The van der Waals surface area contributed by atoms with Crippen molar-refractivity contribution in [2.75, 3.05) is 41.3 Å². The maximum Gasteiger partial charge on any atom is 0.276 e. The molecule has 3 aromatic rings. The number of hydrogen-bond acceptors (Lipinski definition) is 5. The van der Waals surface area contributed by atoms with Gasteiger partial charge in [-0.3, -0.25) is 4.79 Å². The Bertz CT molecular complexity index is 935. The van der Waals surface area contributed by atoms with Gasteiger partial charge < -0.3 is 15.1 Å². The van der Waals surface area contributed by atoms with Crippen molar-refractivity contribution in [3.63, 3.8) is 0 Å². The maximum atomic E-state index is 12.4. The summed E-state index contributed by atoms with van der Waals surface area (Å²) in [5, 5.41) is 11.3. The number of nitrogens with one attached hydrogen (secondary N) is 1. The Morgan fingerprint density at radius 1 is 0.857 bits per heavy atom. The standard InChI is InChI=1S/C22H23N5O/c1-17-6-5-7-18(16-17)23-22(28)20-10-11-21(25-24-20)27-14-12-26(13-15-27)19-8-3-2-4-9-19/h2-11,16H,12-15H2,1H3,(H,23,28). The van der Waals surface area contributed by atoms with Gasteiger partial charge in [-0.2, -0.15) is 0 Å². The minimum absolute atomic E-state index is 0.251. The third-order valence-electron chi connectivity index (χ3n) is 4.88. The van der Waals surface area contributed by atoms with Crippen LogP contribution >= 0.6 is 0 Å². The SMILES string of the molecule is Cc1cccc(NC(=O)c2ccc(N3CCN(c4ccccc4)CC3)nn2)c1. The topological polar surface area (TPSA) is 61.4 Å². The molecule has 0 radical (unpaired) electrons. The molecule has 2 heterocycles. The Hall–Kier alpha value is -3.41. The van der Waals surface area contributed by atoms with Crippen molar-refractivity contribution in [3.8, 4) is 0 Å². The molecule has 1 saturated heterocycles. The summed E-state index contributed by atoms with van der Waals surface area (Å²) < 4.78 is 0. The molecule has 1 amide bonds. The molecule has 1 aliphatic rings. The fourth-order valence-corrected chi connectivity index (χ4v) is 3.37. The second kappa shape index (κ2) is 8.08. The molecule has 0 aliphatic carbocycles. The summed E-state index contributed by atoms with van der Waals surface area (Å²) in [4.78, 5) is 17.0. The highest BCUT2D eigenvalue weighted by Crippen LogP contribution is 2.19. The third-order valence-corrected chi connectivity index (χ3v) is 4.88. The zero-order valence-corrected chi connectivity index (χ0v) is 15.9. The summed E-state index contributed by atoms with van der Waals surface area (Å²) in [6, 6.07) is 21.7. The van der Waals surface area contributed by atoms with Crippen LogP contribution in [0.1, 0.15) is 16.1 Å². The normalized spacial score (nSPS) is 14.0. The number of amides is 1. The van der Waals surface area contributed by atoms with E-state index < -0.39 is 0 Å². The highest BCUT2D eigenvalue weighted by Gasteiger charge is 2.19. The van der Waals surface area contributed by atoms with Gasteiger partial charge in [-0.15, -0.1) is 10.2 Å². The number of benzene rings is 2. The first kappa shape index (κ1) is 18.0. The predicted octanol–water partition coefficient (Wildman–Crippen LogP) is 3.36. The Morgan fingerprint density at radius 2 is 1.61 bits per heavy atom. The molecule has 1 N–H and O–H groups in total. The van der Waals surface area contributed by atoms with Crippen LogP contribution in [-0.4, -0.2) is 42.3 Å². The summed E-state index contributed by atoms with van der Waals surface area (Å²) in [6.45, 7) is 5.60. The third kappa shape index (κ3) is 4.11. The lowest BCUT2D eigenvalue weighted by Crippen LogP contribution is -2.46. The van der Waals surface area contributed by atoms with Gasteiger partial charge in [0.1, 0.15) is 0 Å². The Labute approximate surface area is 164 Å². The summed E-state index contributed by atoms with van der Waals surface area (Å²) in [5.74, 6) is 0.554. The zero-order chi connectivity index (χ0) is 19.3. The number of anilines is 3. The molecule has 0 spiro atoms. The monoisotopic (exact) mass is 373 g/mol. The van der Waals surface area contributed by atoms with E-state index in [1.165, 1.54) is 5.69 Å². The fraction of sp³-hybridized carbons (Fsp3) is 0.227. The van der Waals surface area contributed by atoms with Gasteiger partial charge in [0.25, 0.3) is 5.91 Å². The van der Waals surface area contributed by atoms with Gasteiger partial charge in [0.15, 0.2) is 11.5 Å². The smallest absolute Gasteiger partial charge is 0.276 e. The summed E-state index contributed by atoms with van der Waals surface area (Å²) >= 11 is 0. The lowest BCUT2D eigenvalue weighted by Gasteiger charge is -2.36. The molecule has 1 aliphatic heterocycles. The molecule has 0 bridgehead atoms. The van der Waals surface area contributed by atoms with Gasteiger partial charge in [0, 0.05) is 37.6 Å². The molecule has 6 nitrogen and oxygen atoms in total. The highest BCUT2D eigenvalue weighted by molar-refractivity contribution is 6.02. The van der Waals surface area contributed by atoms with E-state index in [0.717, 1.165) is 43.2 Å². The second-order valence-corrected chi connectivity index (χ2v) is 6.91. The van der Waals surface area contributed by atoms with Gasteiger partial charge in [-0.25, -0.2) is 0 Å². The van der Waals surface area contributed by atoms with E-state index in [1.807, 2.05) is 43.3 Å². The summed E-state index contributed by atoms with van der Waals surface area (Å²) in [7, 11) is 0. The Morgan fingerprint density at radius 3 is 2.29 bits per heavy atom. The largest absolute Gasteiger partial charge is 0.368 e. The van der Waals surface area contributed by atoms with Crippen molar-refractivity contribution >= 4 is 23.1 Å². The molecule has 1 aromatic heterocycles. The number of para-hydroxylation sites is 1. The molecule has 0 unspecified atom stereocenters. The predicted molar refractivity (Wildman–Crippen MR) is 112 cm³/mol. The van der Waals surface area contributed by atoms with Gasteiger partial charge in [-0.05, 0) is 48.9 Å². The van der Waals surface area contributed by atoms with Gasteiger partial charge in [-0.1, -0.05) is 30.3 Å². The van der Waals surface area contributed by atoms with Crippen molar-refractivity contribution in [1.29, 1.82) is 0 Å². The highest BCUT2D eigenvalue weighted by atomic mass is 16.1. The molecule has 0 atom stereocenters. The van der Waals surface area contributed by atoms with E-state index >= 15 is 0 Å². The number of hydrogen-bond donors (Lipinski definition) is 1. The van der Waals surface area contributed by atoms with E-state index in [4.69, 9.17) is 0 Å². The number of aromatic nitrogens is 2. The fourth-order valence-electron chi connectivity index (χ4n) is 3.37. The van der Waals surface area contributed by atoms with Crippen molar-refractivity contribution in [2.45, 2.75) is 6.92 Å². The minimum Gasteiger partial charge on any atom is -0.368 e. The van der Waals surface area contributed by atoms with Crippen LogP contribution in [0, 0.1) is 6.92 Å². The Kier molecular flexibility index (Phi) is 5.19. The van der Waals surface area contributed by atoms with Crippen LogP contribution < -0.4 is 15.1 Å². The molecule has 0 saturated carbocycles. The van der Waals surface area contributed by atoms with E-state index in [9.17, 15) is 4.79 Å². The average molecular weight is 373 g/mol. The van der Waals surface area contributed by atoms with Crippen LogP contribution in [0.5, 0.6) is 0 Å². The van der Waals surface area contributed by atoms with Crippen LogP contribution in [0.4, 0.5) is 17.2 Å². The zero-order valence-electron chi connectivity index (χ0n) is 15.9. The molecule has 2 aromatic carbocycles. The first-order valence-corrected chi connectivity index (χ1v) is 9.46. The molecule has 28 heavy (non-hydrogen) atoms. The maximum absolute atomic E-state index is 12.4. The average Bonchev–Trinajstić information content (AvgIpc) is 2.75. The van der Waals surface area contributed by atoms with Crippen LogP contribution in [0.25, 0.3) is 0 Å². The molecule has 142 valence electrons.